The fourth-order valence-electron chi connectivity index (χ4n) is 3.55. The van der Waals surface area contributed by atoms with Crippen LogP contribution in [0.5, 0.6) is 11.6 Å². The summed E-state index contributed by atoms with van der Waals surface area (Å²) in [6.45, 7) is 3.95. The first kappa shape index (κ1) is 16.4. The summed E-state index contributed by atoms with van der Waals surface area (Å²) in [6.07, 6.45) is 2.27. The highest BCUT2D eigenvalue weighted by molar-refractivity contribution is 7.22. The number of halogens is 1. The van der Waals surface area contributed by atoms with Crippen molar-refractivity contribution < 1.29 is 13.9 Å². The number of ether oxygens (including phenoxy) is 2. The van der Waals surface area contributed by atoms with Gasteiger partial charge in [-0.15, -0.1) is 11.3 Å². The molecule has 5 rings (SSSR count). The van der Waals surface area contributed by atoms with E-state index >= 15 is 0 Å². The van der Waals surface area contributed by atoms with Crippen LogP contribution >= 0.6 is 11.3 Å². The number of hydrogen-bond acceptors (Lipinski definition) is 6. The van der Waals surface area contributed by atoms with E-state index < -0.39 is 0 Å². The zero-order valence-corrected chi connectivity index (χ0v) is 15.9. The average Bonchev–Trinajstić information content (AvgIpc) is 3.23. The molecule has 0 spiro atoms. The number of benzene rings is 2. The van der Waals surface area contributed by atoms with Crippen molar-refractivity contribution in [2.24, 2.45) is 0 Å². The number of aryl methyl sites for hydroxylation is 1. The number of fused-ring (bicyclic) bond motifs is 4. The summed E-state index contributed by atoms with van der Waals surface area (Å²) in [4.78, 5) is 13.7. The second-order valence-electron chi connectivity index (χ2n) is 6.76. The molecule has 0 amide bonds. The van der Waals surface area contributed by atoms with Gasteiger partial charge in [0.05, 0.1) is 34.6 Å². The third kappa shape index (κ3) is 2.53. The van der Waals surface area contributed by atoms with Crippen LogP contribution in [0.3, 0.4) is 0 Å². The molecule has 0 radical (unpaired) electrons. The Bertz CT molecular complexity index is 1220. The van der Waals surface area contributed by atoms with Gasteiger partial charge in [0.1, 0.15) is 11.1 Å². The largest absolute Gasteiger partial charge is 0.487 e. The second-order valence-corrected chi connectivity index (χ2v) is 7.76. The molecule has 0 saturated heterocycles. The van der Waals surface area contributed by atoms with Crippen LogP contribution in [-0.2, 0) is 6.42 Å². The lowest BCUT2D eigenvalue weighted by atomic mass is 10.1. The van der Waals surface area contributed by atoms with Crippen molar-refractivity contribution in [3.63, 3.8) is 0 Å². The van der Waals surface area contributed by atoms with E-state index in [0.29, 0.717) is 23.6 Å². The molecule has 1 atom stereocenters. The molecular weight excluding hydrogens is 365 g/mol. The molecule has 3 heterocycles. The Hall–Kier alpha value is -2.80. The lowest BCUT2D eigenvalue weighted by Gasteiger charge is -2.06. The maximum absolute atomic E-state index is 14.4. The third-order valence-corrected chi connectivity index (χ3v) is 5.87. The van der Waals surface area contributed by atoms with Crippen molar-refractivity contribution in [2.75, 3.05) is 7.11 Å². The van der Waals surface area contributed by atoms with Crippen LogP contribution in [0.1, 0.15) is 18.1 Å². The summed E-state index contributed by atoms with van der Waals surface area (Å²) in [5.41, 5.74) is 5.00. The first-order chi connectivity index (χ1) is 13.0. The molecule has 0 saturated carbocycles. The lowest BCUT2D eigenvalue weighted by Crippen LogP contribution is -2.05. The quantitative estimate of drug-likeness (QED) is 0.504. The lowest BCUT2D eigenvalue weighted by molar-refractivity contribution is 0.245. The van der Waals surface area contributed by atoms with Crippen LogP contribution in [0.2, 0.25) is 0 Å². The minimum absolute atomic E-state index is 0.0243. The summed E-state index contributed by atoms with van der Waals surface area (Å²) in [6, 6.07) is 5.46. The number of rotatable bonds is 2. The molecule has 0 fully saturated rings. The molecule has 0 aliphatic carbocycles. The Morgan fingerprint density at radius 2 is 2.07 bits per heavy atom. The van der Waals surface area contributed by atoms with Crippen molar-refractivity contribution in [3.8, 4) is 22.2 Å². The molecule has 136 valence electrons. The van der Waals surface area contributed by atoms with Crippen molar-refractivity contribution >= 4 is 32.6 Å². The van der Waals surface area contributed by atoms with E-state index in [1.165, 1.54) is 6.07 Å². The van der Waals surface area contributed by atoms with Gasteiger partial charge in [0.25, 0.3) is 0 Å². The molecular formula is C20H16FN3O2S. The number of aromatic nitrogens is 3. The maximum atomic E-state index is 14.4. The summed E-state index contributed by atoms with van der Waals surface area (Å²) >= 11 is 1.54. The van der Waals surface area contributed by atoms with Crippen molar-refractivity contribution in [3.05, 3.63) is 41.3 Å². The Morgan fingerprint density at radius 1 is 1.22 bits per heavy atom. The van der Waals surface area contributed by atoms with Gasteiger partial charge in [0.15, 0.2) is 11.6 Å². The molecule has 7 heteroatoms. The number of thiazole rings is 1. The monoisotopic (exact) mass is 381 g/mol. The minimum atomic E-state index is -0.350. The number of hydrogen-bond donors (Lipinski definition) is 0. The standard InChI is InChI=1S/C20H16FN3O2S/c1-9-4-11(17-14(5-9)23-16(25-3)8-22-17)20-24-15-7-13(21)18-12(19(15)27-20)6-10(2)26-18/h4-5,7-8,10H,6H2,1-3H3/t10-/m0/s1. The molecule has 2 aromatic carbocycles. The van der Waals surface area contributed by atoms with Crippen LogP contribution in [0.4, 0.5) is 4.39 Å². The summed E-state index contributed by atoms with van der Waals surface area (Å²) < 4.78 is 26.2. The first-order valence-corrected chi connectivity index (χ1v) is 9.45. The number of nitrogens with zero attached hydrogens (tertiary/aromatic N) is 3. The predicted molar refractivity (Wildman–Crippen MR) is 103 cm³/mol. The van der Waals surface area contributed by atoms with Crippen LogP contribution in [0.25, 0.3) is 31.8 Å². The Morgan fingerprint density at radius 3 is 2.89 bits per heavy atom. The molecule has 1 aliphatic rings. The van der Waals surface area contributed by atoms with Crippen LogP contribution in [-0.4, -0.2) is 28.2 Å². The van der Waals surface area contributed by atoms with Gasteiger partial charge >= 0.3 is 0 Å². The Kier molecular flexibility index (Phi) is 3.55. The van der Waals surface area contributed by atoms with E-state index in [0.717, 1.165) is 37.4 Å². The topological polar surface area (TPSA) is 57.1 Å². The molecule has 2 aromatic heterocycles. The van der Waals surface area contributed by atoms with Crippen molar-refractivity contribution in [1.29, 1.82) is 0 Å². The molecule has 4 aromatic rings. The highest BCUT2D eigenvalue weighted by Gasteiger charge is 2.27. The van der Waals surface area contributed by atoms with Gasteiger partial charge in [-0.25, -0.2) is 19.3 Å². The SMILES string of the molecule is COc1cnc2c(-c3nc4cc(F)c5c(c4s3)C[C@H](C)O5)cc(C)cc2n1. The van der Waals surface area contributed by atoms with Gasteiger partial charge < -0.3 is 9.47 Å². The van der Waals surface area contributed by atoms with E-state index in [1.54, 1.807) is 24.6 Å². The van der Waals surface area contributed by atoms with E-state index in [9.17, 15) is 4.39 Å². The number of methoxy groups -OCH3 is 1. The van der Waals surface area contributed by atoms with Gasteiger partial charge in [0.2, 0.25) is 5.88 Å². The highest BCUT2D eigenvalue weighted by Crippen LogP contribution is 2.43. The van der Waals surface area contributed by atoms with E-state index in [2.05, 4.69) is 9.97 Å². The summed E-state index contributed by atoms with van der Waals surface area (Å²) in [7, 11) is 1.57. The van der Waals surface area contributed by atoms with Gasteiger partial charge in [-0.05, 0) is 31.5 Å². The fraction of sp³-hybridized carbons (Fsp3) is 0.250. The van der Waals surface area contributed by atoms with Crippen LogP contribution < -0.4 is 9.47 Å². The molecule has 0 unspecified atom stereocenters. The molecule has 0 bridgehead atoms. The fourth-order valence-corrected chi connectivity index (χ4v) is 4.66. The van der Waals surface area contributed by atoms with Crippen LogP contribution in [0.15, 0.2) is 24.4 Å². The zero-order valence-electron chi connectivity index (χ0n) is 15.0. The minimum Gasteiger partial charge on any atom is -0.487 e. The first-order valence-electron chi connectivity index (χ1n) is 8.64. The molecule has 1 aliphatic heterocycles. The Labute approximate surface area is 158 Å². The molecule has 0 N–H and O–H groups in total. The average molecular weight is 381 g/mol. The van der Waals surface area contributed by atoms with Gasteiger partial charge in [-0.1, -0.05) is 0 Å². The zero-order chi connectivity index (χ0) is 18.7. The third-order valence-electron chi connectivity index (χ3n) is 4.70. The summed E-state index contributed by atoms with van der Waals surface area (Å²) in [5, 5.41) is 0.797. The van der Waals surface area contributed by atoms with E-state index in [4.69, 9.17) is 14.5 Å². The maximum Gasteiger partial charge on any atom is 0.232 e. The van der Waals surface area contributed by atoms with E-state index in [-0.39, 0.29) is 11.9 Å². The predicted octanol–water partition coefficient (Wildman–Crippen LogP) is 4.69. The normalized spacial score (nSPS) is 15.9. The van der Waals surface area contributed by atoms with Gasteiger partial charge in [-0.2, -0.15) is 0 Å². The van der Waals surface area contributed by atoms with E-state index in [1.807, 2.05) is 26.0 Å². The second kappa shape index (κ2) is 5.85. The smallest absolute Gasteiger partial charge is 0.232 e. The van der Waals surface area contributed by atoms with Crippen molar-refractivity contribution in [1.82, 2.24) is 15.0 Å². The highest BCUT2D eigenvalue weighted by atomic mass is 32.1. The Balaban J connectivity index is 1.76. The van der Waals surface area contributed by atoms with Crippen molar-refractivity contribution in [2.45, 2.75) is 26.4 Å². The summed E-state index contributed by atoms with van der Waals surface area (Å²) in [5.74, 6) is 0.482. The molecule has 27 heavy (non-hydrogen) atoms. The molecule has 5 nitrogen and oxygen atoms in total. The van der Waals surface area contributed by atoms with Gasteiger partial charge in [-0.3, -0.25) is 0 Å². The van der Waals surface area contributed by atoms with Gasteiger partial charge in [0, 0.05) is 23.6 Å². The van der Waals surface area contributed by atoms with Crippen LogP contribution in [0, 0.1) is 12.7 Å².